The highest BCUT2D eigenvalue weighted by molar-refractivity contribution is 7.02. The van der Waals surface area contributed by atoms with Gasteiger partial charge in [0.15, 0.2) is 0 Å². The Labute approximate surface area is 369 Å². The van der Waals surface area contributed by atoms with E-state index in [4.69, 9.17) is 96.8 Å². The first-order chi connectivity index (χ1) is 27.5. The van der Waals surface area contributed by atoms with E-state index in [1.807, 2.05) is 0 Å². The van der Waals surface area contributed by atoms with Crippen LogP contribution in [0.2, 0.25) is 48.4 Å². The summed E-state index contributed by atoms with van der Waals surface area (Å²) < 4.78 is 91.8. The normalized spacial score (nSPS) is 38.7. The summed E-state index contributed by atoms with van der Waals surface area (Å²) in [5.41, 5.74) is 0. The Balaban J connectivity index is 1.90. The van der Waals surface area contributed by atoms with Crippen LogP contribution in [0.4, 0.5) is 0 Å². The van der Waals surface area contributed by atoms with Crippen molar-refractivity contribution in [3.8, 4) is 0 Å². The zero-order valence-electron chi connectivity index (χ0n) is 33.9. The molecular formula is C29H62Cl4N4O12Si8-4. The number of rotatable bonds is 28. The Morgan fingerprint density at radius 2 is 0.579 bits per heavy atom. The van der Waals surface area contributed by atoms with Gasteiger partial charge in [0.1, 0.15) is 0 Å². The van der Waals surface area contributed by atoms with Crippen molar-refractivity contribution < 1.29 is 49.7 Å². The van der Waals surface area contributed by atoms with Crippen LogP contribution in [0.5, 0.6) is 0 Å². The van der Waals surface area contributed by atoms with Crippen molar-refractivity contribution in [3.05, 3.63) is 19.3 Å². The van der Waals surface area contributed by atoms with Gasteiger partial charge in [-0.05, 0) is 31.7 Å². The summed E-state index contributed by atoms with van der Waals surface area (Å²) in [5, 5.41) is 0. The Hall–Kier alpha value is 2.26. The fraction of sp³-hybridized carbons (Fsp3) is 1.00. The maximum Gasteiger partial charge on any atom is 0.486 e. The smallest absolute Gasteiger partial charge is 0.486 e. The summed E-state index contributed by atoms with van der Waals surface area (Å²) in [7, 11) is -31.5. The molecule has 4 unspecified atom stereocenters. The molecule has 0 amide bonds. The average molecular weight is 1030 g/mol. The minimum atomic E-state index is -4.06. The molecule has 0 radical (unpaired) electrons. The van der Waals surface area contributed by atoms with E-state index in [-0.39, 0.29) is 6.23 Å². The standard InChI is InChI=1S/C29H62Cl4N4O12Si8/c1-5-9-22-51-38-29-50(21-13-17-34-30)39-52(26-14-18-35-31)43-54(41-51,23-10-6-2)47-56(25-12-8-4)48-55(42-51,24-11-7-3)44-53(40-50,27-15-19-36-32)46-57(45-52,49-56)28-16-20-37-33/h5-29H2,1-4H3/q-4. The lowest BCUT2D eigenvalue weighted by Crippen LogP contribution is -2.84. The van der Waals surface area contributed by atoms with E-state index in [9.17, 15) is 0 Å². The van der Waals surface area contributed by atoms with Crippen LogP contribution >= 0.6 is 47.1 Å². The second-order valence-corrected chi connectivity index (χ2v) is 41.2. The van der Waals surface area contributed by atoms with E-state index in [0.717, 1.165) is 51.4 Å². The number of fused-ring (bicyclic) bond motifs is 1. The Morgan fingerprint density at radius 1 is 0.333 bits per heavy atom. The van der Waals surface area contributed by atoms with Crippen LogP contribution in [-0.2, 0) is 49.7 Å². The van der Waals surface area contributed by atoms with Crippen molar-refractivity contribution in [2.45, 2.75) is 153 Å². The summed E-state index contributed by atoms with van der Waals surface area (Å²) in [6.07, 6.45) is 8.52. The maximum atomic E-state index is 7.70. The molecule has 0 aliphatic carbocycles. The van der Waals surface area contributed by atoms with Gasteiger partial charge < -0.3 is 69.0 Å². The van der Waals surface area contributed by atoms with E-state index < -0.39 is 70.2 Å². The molecular weight excluding hydrogens is 963 g/mol. The maximum absolute atomic E-state index is 7.70. The minimum Gasteiger partial charge on any atom is -0.575 e. The van der Waals surface area contributed by atoms with Gasteiger partial charge in [-0.25, -0.2) is 0 Å². The SMILES string of the molecule is CCCC[Si]12OC[Si]3(CCC[N-]Cl)O[Si]4(CCC[N-]Cl)O[Si](CCCC)(O1)O[Si]1(CCCC)O[Si](CCCC)(O2)O[Si](CCC[N-]Cl)(O3)O[Si](CCC[N-]Cl)(O4)O1. The first kappa shape index (κ1) is 50.3. The van der Waals surface area contributed by atoms with Gasteiger partial charge in [-0.2, -0.15) is 0 Å². The van der Waals surface area contributed by atoms with E-state index in [1.165, 1.54) is 0 Å². The molecule has 28 heteroatoms. The summed E-state index contributed by atoms with van der Waals surface area (Å²) in [5.74, 6) is 0. The highest BCUT2D eigenvalue weighted by atomic mass is 35.5. The Kier molecular flexibility index (Phi) is 20.2. The first-order valence-corrected chi connectivity index (χ1v) is 38.0. The van der Waals surface area contributed by atoms with Crippen LogP contribution in [-0.4, -0.2) is 103 Å². The third kappa shape index (κ3) is 13.0. The molecule has 57 heavy (non-hydrogen) atoms. The van der Waals surface area contributed by atoms with Gasteiger partial charge in [-0.15, -0.1) is 26.2 Å². The van der Waals surface area contributed by atoms with E-state index in [0.29, 0.717) is 100 Å². The second kappa shape index (κ2) is 22.9. The summed E-state index contributed by atoms with van der Waals surface area (Å²) >= 11 is 23.9. The largest absolute Gasteiger partial charge is 0.575 e. The number of hydrogen-bond acceptors (Lipinski definition) is 12. The highest BCUT2D eigenvalue weighted by Gasteiger charge is 2.80. The van der Waals surface area contributed by atoms with Crippen molar-refractivity contribution >= 4 is 117 Å². The van der Waals surface area contributed by atoms with Crippen molar-refractivity contribution in [1.29, 1.82) is 0 Å². The fourth-order valence-electron chi connectivity index (χ4n) is 7.77. The van der Waals surface area contributed by atoms with Crippen molar-refractivity contribution in [2.24, 2.45) is 0 Å². The molecule has 0 spiro atoms. The van der Waals surface area contributed by atoms with Crippen molar-refractivity contribution in [1.82, 2.24) is 0 Å². The molecule has 8 bridgehead atoms. The number of unbranched alkanes of at least 4 members (excludes halogenated alkanes) is 4. The molecule has 0 aromatic carbocycles. The van der Waals surface area contributed by atoms with E-state index in [1.54, 1.807) is 0 Å². The van der Waals surface area contributed by atoms with Gasteiger partial charge in [0.2, 0.25) is 0 Å². The van der Waals surface area contributed by atoms with E-state index in [2.05, 4.69) is 47.0 Å². The predicted molar refractivity (Wildman–Crippen MR) is 237 cm³/mol. The molecule has 16 nitrogen and oxygen atoms in total. The predicted octanol–water partition coefficient (Wildman–Crippen LogP) is 10.7. The average Bonchev–Trinajstić information content (AvgIpc) is 3.23. The quantitative estimate of drug-likeness (QED) is 0.0538. The Morgan fingerprint density at radius 3 is 0.877 bits per heavy atom. The molecule has 6 saturated heterocycles. The van der Waals surface area contributed by atoms with Crippen molar-refractivity contribution in [2.75, 3.05) is 32.4 Å². The monoisotopic (exact) mass is 1020 g/mol. The molecule has 6 heterocycles. The third-order valence-corrected chi connectivity index (χ3v) is 48.2. The van der Waals surface area contributed by atoms with Crippen LogP contribution in [0, 0.1) is 0 Å². The van der Waals surface area contributed by atoms with Crippen LogP contribution in [0.15, 0.2) is 0 Å². The van der Waals surface area contributed by atoms with Crippen LogP contribution < -0.4 is 0 Å². The summed E-state index contributed by atoms with van der Waals surface area (Å²) in [6.45, 7) is 9.90. The molecule has 0 N–H and O–H groups in total. The second-order valence-electron chi connectivity index (χ2n) is 15.3. The fourth-order valence-corrected chi connectivity index (χ4v) is 58.3. The van der Waals surface area contributed by atoms with Gasteiger partial charge in [-0.1, -0.05) is 79.1 Å². The molecule has 0 saturated carbocycles. The minimum absolute atomic E-state index is 0.0589. The first-order valence-electron chi connectivity index (χ1n) is 20.9. The van der Waals surface area contributed by atoms with E-state index >= 15 is 0 Å². The topological polar surface area (TPSA) is 167 Å². The molecule has 6 fully saturated rings. The van der Waals surface area contributed by atoms with Gasteiger partial charge in [-0.3, -0.25) is 47.1 Å². The molecule has 0 aromatic heterocycles. The Bertz CT molecular complexity index is 1200. The molecule has 6 aliphatic heterocycles. The van der Waals surface area contributed by atoms with Gasteiger partial charge in [0.25, 0.3) is 0 Å². The lowest BCUT2D eigenvalue weighted by Gasteiger charge is -2.60. The molecule has 6 aliphatic rings. The lowest BCUT2D eigenvalue weighted by molar-refractivity contribution is 0.00318. The number of halogens is 4. The van der Waals surface area contributed by atoms with Crippen LogP contribution in [0.1, 0.15) is 105 Å². The van der Waals surface area contributed by atoms with Gasteiger partial charge in [0.05, 0.1) is 6.23 Å². The summed E-state index contributed by atoms with van der Waals surface area (Å²) in [6, 6.07) is 3.24. The molecule has 0 aromatic rings. The van der Waals surface area contributed by atoms with Crippen LogP contribution in [0.25, 0.3) is 19.3 Å². The number of nitrogens with zero attached hydrogens (tertiary/aromatic N) is 4. The third-order valence-electron chi connectivity index (χ3n) is 10.3. The zero-order valence-corrected chi connectivity index (χ0v) is 44.9. The number of hydrogen-bond donors (Lipinski definition) is 0. The van der Waals surface area contributed by atoms with Gasteiger partial charge >= 0.3 is 70.2 Å². The zero-order chi connectivity index (χ0) is 41.0. The molecule has 4 atom stereocenters. The molecule has 334 valence electrons. The van der Waals surface area contributed by atoms with Gasteiger partial charge in [0, 0.05) is 42.3 Å². The molecule has 6 rings (SSSR count). The summed E-state index contributed by atoms with van der Waals surface area (Å²) in [4.78, 5) is 15.7. The lowest BCUT2D eigenvalue weighted by atomic mass is 10.4. The highest BCUT2D eigenvalue weighted by Crippen LogP contribution is 2.53. The van der Waals surface area contributed by atoms with Crippen LogP contribution in [0.3, 0.4) is 0 Å². The van der Waals surface area contributed by atoms with Crippen molar-refractivity contribution in [3.63, 3.8) is 0 Å².